The highest BCUT2D eigenvalue weighted by atomic mass is 32.1. The summed E-state index contributed by atoms with van der Waals surface area (Å²) in [5, 5.41) is 3.38. The van der Waals surface area contributed by atoms with Crippen molar-refractivity contribution in [1.82, 2.24) is 4.98 Å². The van der Waals surface area contributed by atoms with E-state index in [2.05, 4.69) is 10.3 Å². The molecule has 0 amide bonds. The van der Waals surface area contributed by atoms with E-state index < -0.39 is 0 Å². The number of hydrogen-bond acceptors (Lipinski definition) is 4. The molecule has 0 aliphatic carbocycles. The fraction of sp³-hybridized carbons (Fsp3) is 0.500. The summed E-state index contributed by atoms with van der Waals surface area (Å²) in [6.07, 6.45) is 3.92. The number of aromatic nitrogens is 1. The Balaban J connectivity index is 1.96. The van der Waals surface area contributed by atoms with Crippen LogP contribution in [0.25, 0.3) is 0 Å². The third kappa shape index (κ3) is 3.38. The molecule has 0 bridgehead atoms. The van der Waals surface area contributed by atoms with Gasteiger partial charge in [0, 0.05) is 26.0 Å². The van der Waals surface area contributed by atoms with Crippen molar-refractivity contribution in [2.75, 3.05) is 25.1 Å². The number of pyridine rings is 1. The molecular formula is C12H17N3OS. The summed E-state index contributed by atoms with van der Waals surface area (Å²) in [5.74, 6) is 0.656. The molecule has 2 rings (SSSR count). The Hall–Kier alpha value is -1.20. The van der Waals surface area contributed by atoms with E-state index >= 15 is 0 Å². The van der Waals surface area contributed by atoms with Crippen LogP contribution in [-0.2, 0) is 4.74 Å². The van der Waals surface area contributed by atoms with Crippen LogP contribution < -0.4 is 11.1 Å². The highest BCUT2D eigenvalue weighted by Crippen LogP contribution is 2.17. The molecule has 0 unspecified atom stereocenters. The fourth-order valence-corrected chi connectivity index (χ4v) is 2.11. The highest BCUT2D eigenvalue weighted by Gasteiger charge is 2.14. The molecule has 3 N–H and O–H groups in total. The topological polar surface area (TPSA) is 60.2 Å². The molecule has 17 heavy (non-hydrogen) atoms. The Morgan fingerprint density at radius 3 is 3.00 bits per heavy atom. The van der Waals surface area contributed by atoms with Crippen molar-refractivity contribution in [2.45, 2.75) is 12.8 Å². The van der Waals surface area contributed by atoms with Crippen molar-refractivity contribution in [3.05, 3.63) is 24.0 Å². The van der Waals surface area contributed by atoms with E-state index in [4.69, 9.17) is 22.7 Å². The van der Waals surface area contributed by atoms with E-state index in [-0.39, 0.29) is 0 Å². The standard InChI is InChI=1S/C12H17N3OS/c13-12(17)11-10(2-1-5-14-11)15-8-9-3-6-16-7-4-9/h1-2,5,9,15H,3-4,6-8H2,(H2,13,17). The second kappa shape index (κ2) is 5.93. The van der Waals surface area contributed by atoms with Crippen molar-refractivity contribution < 1.29 is 4.74 Å². The summed E-state index contributed by atoms with van der Waals surface area (Å²) in [4.78, 5) is 4.52. The minimum absolute atomic E-state index is 0.333. The number of nitrogens with two attached hydrogens (primary N) is 1. The van der Waals surface area contributed by atoms with Crippen LogP contribution in [0, 0.1) is 5.92 Å². The zero-order valence-electron chi connectivity index (χ0n) is 9.69. The van der Waals surface area contributed by atoms with Crippen LogP contribution in [0.3, 0.4) is 0 Å². The molecule has 1 aromatic heterocycles. The first-order chi connectivity index (χ1) is 8.27. The molecule has 5 heteroatoms. The van der Waals surface area contributed by atoms with Crippen molar-refractivity contribution >= 4 is 22.9 Å². The van der Waals surface area contributed by atoms with Crippen LogP contribution in [0.4, 0.5) is 5.69 Å². The minimum Gasteiger partial charge on any atom is -0.388 e. The lowest BCUT2D eigenvalue weighted by Crippen LogP contribution is -2.24. The van der Waals surface area contributed by atoms with Gasteiger partial charge in [0.2, 0.25) is 0 Å². The number of anilines is 1. The van der Waals surface area contributed by atoms with E-state index in [0.29, 0.717) is 16.6 Å². The summed E-state index contributed by atoms with van der Waals surface area (Å²) in [5.41, 5.74) is 7.23. The van der Waals surface area contributed by atoms with Crippen molar-refractivity contribution in [2.24, 2.45) is 11.7 Å². The van der Waals surface area contributed by atoms with Crippen molar-refractivity contribution in [3.8, 4) is 0 Å². The summed E-state index contributed by atoms with van der Waals surface area (Å²) >= 11 is 4.98. The maximum absolute atomic E-state index is 5.63. The zero-order chi connectivity index (χ0) is 12.1. The number of thiocarbonyl (C=S) groups is 1. The molecule has 1 aromatic rings. The largest absolute Gasteiger partial charge is 0.388 e. The van der Waals surface area contributed by atoms with Gasteiger partial charge in [0.05, 0.1) is 5.69 Å². The molecule has 0 atom stereocenters. The summed E-state index contributed by atoms with van der Waals surface area (Å²) in [6, 6.07) is 3.84. The van der Waals surface area contributed by atoms with Gasteiger partial charge in [-0.05, 0) is 30.9 Å². The lowest BCUT2D eigenvalue weighted by molar-refractivity contribution is 0.0699. The minimum atomic E-state index is 0.333. The average molecular weight is 251 g/mol. The first-order valence-corrected chi connectivity index (χ1v) is 6.24. The molecule has 2 heterocycles. The van der Waals surface area contributed by atoms with E-state index in [0.717, 1.165) is 38.3 Å². The van der Waals surface area contributed by atoms with Crippen LogP contribution in [0.2, 0.25) is 0 Å². The summed E-state index contributed by atoms with van der Waals surface area (Å²) in [7, 11) is 0. The Labute approximate surface area is 107 Å². The normalized spacial score (nSPS) is 16.7. The molecule has 1 saturated heterocycles. The maximum atomic E-state index is 5.63. The van der Waals surface area contributed by atoms with E-state index in [1.54, 1.807) is 6.20 Å². The average Bonchev–Trinajstić information content (AvgIpc) is 2.38. The highest BCUT2D eigenvalue weighted by molar-refractivity contribution is 7.80. The Morgan fingerprint density at radius 2 is 2.29 bits per heavy atom. The van der Waals surface area contributed by atoms with E-state index in [1.165, 1.54) is 0 Å². The molecular weight excluding hydrogens is 234 g/mol. The van der Waals surface area contributed by atoms with Gasteiger partial charge in [-0.25, -0.2) is 0 Å². The third-order valence-corrected chi connectivity index (χ3v) is 3.16. The lowest BCUT2D eigenvalue weighted by Gasteiger charge is -2.23. The van der Waals surface area contributed by atoms with Gasteiger partial charge in [-0.1, -0.05) is 12.2 Å². The summed E-state index contributed by atoms with van der Waals surface area (Å²) < 4.78 is 5.33. The van der Waals surface area contributed by atoms with Crippen LogP contribution in [-0.4, -0.2) is 29.7 Å². The first-order valence-electron chi connectivity index (χ1n) is 5.84. The van der Waals surface area contributed by atoms with E-state index in [9.17, 15) is 0 Å². The van der Waals surface area contributed by atoms with E-state index in [1.807, 2.05) is 12.1 Å². The van der Waals surface area contributed by atoms with Crippen LogP contribution in [0.5, 0.6) is 0 Å². The van der Waals surface area contributed by atoms with Gasteiger partial charge in [-0.15, -0.1) is 0 Å². The Bertz CT molecular complexity index is 391. The monoisotopic (exact) mass is 251 g/mol. The number of nitrogens with zero attached hydrogens (tertiary/aromatic N) is 1. The molecule has 0 radical (unpaired) electrons. The molecule has 0 spiro atoms. The lowest BCUT2D eigenvalue weighted by atomic mass is 10.0. The zero-order valence-corrected chi connectivity index (χ0v) is 10.5. The van der Waals surface area contributed by atoms with Crippen LogP contribution in [0.1, 0.15) is 18.5 Å². The Morgan fingerprint density at radius 1 is 1.53 bits per heavy atom. The number of hydrogen-bond donors (Lipinski definition) is 2. The fourth-order valence-electron chi connectivity index (χ4n) is 1.95. The van der Waals surface area contributed by atoms with Gasteiger partial charge in [0.15, 0.2) is 0 Å². The van der Waals surface area contributed by atoms with Gasteiger partial charge in [0.1, 0.15) is 10.7 Å². The molecule has 92 valence electrons. The summed E-state index contributed by atoms with van der Waals surface area (Å²) in [6.45, 7) is 2.65. The van der Waals surface area contributed by atoms with Crippen molar-refractivity contribution in [1.29, 1.82) is 0 Å². The predicted octanol–water partition coefficient (Wildman–Crippen LogP) is 1.55. The molecule has 4 nitrogen and oxygen atoms in total. The van der Waals surface area contributed by atoms with Crippen LogP contribution >= 0.6 is 12.2 Å². The third-order valence-electron chi connectivity index (χ3n) is 2.96. The predicted molar refractivity (Wildman–Crippen MR) is 72.2 cm³/mol. The SMILES string of the molecule is NC(=S)c1ncccc1NCC1CCOCC1. The molecule has 1 aliphatic heterocycles. The molecule has 0 saturated carbocycles. The van der Waals surface area contributed by atoms with Gasteiger partial charge in [0.25, 0.3) is 0 Å². The molecule has 0 aromatic carbocycles. The van der Waals surface area contributed by atoms with Gasteiger partial charge in [-0.3, -0.25) is 4.98 Å². The smallest absolute Gasteiger partial charge is 0.124 e. The van der Waals surface area contributed by atoms with Gasteiger partial charge < -0.3 is 15.8 Å². The van der Waals surface area contributed by atoms with Crippen molar-refractivity contribution in [3.63, 3.8) is 0 Å². The first kappa shape index (κ1) is 12.3. The number of nitrogens with one attached hydrogen (secondary N) is 1. The number of ether oxygens (including phenoxy) is 1. The second-order valence-electron chi connectivity index (χ2n) is 4.20. The molecule has 1 aliphatic rings. The van der Waals surface area contributed by atoms with Gasteiger partial charge >= 0.3 is 0 Å². The second-order valence-corrected chi connectivity index (χ2v) is 4.64. The maximum Gasteiger partial charge on any atom is 0.124 e. The Kier molecular flexibility index (Phi) is 4.28. The van der Waals surface area contributed by atoms with Crippen LogP contribution in [0.15, 0.2) is 18.3 Å². The van der Waals surface area contributed by atoms with Gasteiger partial charge in [-0.2, -0.15) is 0 Å². The number of rotatable bonds is 4. The quantitative estimate of drug-likeness (QED) is 0.795. The molecule has 1 fully saturated rings.